The first-order valence-corrected chi connectivity index (χ1v) is 13.0. The average molecular weight is 540 g/mol. The Bertz CT molecular complexity index is 1320. The zero-order chi connectivity index (χ0) is 27.4. The number of carbonyl (C=O) groups is 2. The van der Waals surface area contributed by atoms with Gasteiger partial charge in [0.05, 0.1) is 44.1 Å². The van der Waals surface area contributed by atoms with Crippen LogP contribution in [-0.2, 0) is 20.9 Å². The molecule has 10 heteroatoms. The molecule has 0 saturated heterocycles. The van der Waals surface area contributed by atoms with E-state index in [9.17, 15) is 14.0 Å². The summed E-state index contributed by atoms with van der Waals surface area (Å²) < 4.78 is 30.1. The average Bonchev–Trinajstić information content (AvgIpc) is 3.28. The number of ether oxygens (including phenoxy) is 3. The molecule has 0 saturated carbocycles. The van der Waals surface area contributed by atoms with E-state index in [4.69, 9.17) is 14.2 Å². The number of thioether (sulfide) groups is 1. The van der Waals surface area contributed by atoms with Gasteiger partial charge in [-0.1, -0.05) is 36.0 Å². The zero-order valence-electron chi connectivity index (χ0n) is 21.9. The molecule has 2 aromatic carbocycles. The molecule has 2 heterocycles. The van der Waals surface area contributed by atoms with Crippen LogP contribution in [0.15, 0.2) is 69.8 Å². The van der Waals surface area contributed by atoms with Crippen molar-refractivity contribution in [1.29, 1.82) is 0 Å². The van der Waals surface area contributed by atoms with Gasteiger partial charge in [0.25, 0.3) is 0 Å². The van der Waals surface area contributed by atoms with E-state index in [0.717, 1.165) is 5.56 Å². The van der Waals surface area contributed by atoms with Crippen molar-refractivity contribution in [3.63, 3.8) is 0 Å². The summed E-state index contributed by atoms with van der Waals surface area (Å²) in [6.45, 7) is 5.61. The van der Waals surface area contributed by atoms with Crippen molar-refractivity contribution >= 4 is 28.8 Å². The SMILES string of the molecule is COc1cccc([C@@H]2C(C(=O)OC(C)C)=C(C)N=C3SC=C(CC(=O)NCc4ccc(F)cc4)N32)c1OC. The van der Waals surface area contributed by atoms with Crippen LogP contribution in [0, 0.1) is 5.82 Å². The van der Waals surface area contributed by atoms with Gasteiger partial charge in [0.15, 0.2) is 16.7 Å². The molecular weight excluding hydrogens is 509 g/mol. The van der Waals surface area contributed by atoms with Gasteiger partial charge in [-0.2, -0.15) is 0 Å². The number of benzene rings is 2. The van der Waals surface area contributed by atoms with E-state index < -0.39 is 12.0 Å². The number of esters is 1. The normalized spacial score (nSPS) is 16.6. The molecule has 38 heavy (non-hydrogen) atoms. The Morgan fingerprint density at radius 3 is 2.53 bits per heavy atom. The summed E-state index contributed by atoms with van der Waals surface area (Å²) in [5.41, 5.74) is 3.01. The number of carbonyl (C=O) groups excluding carboxylic acids is 2. The number of amidine groups is 1. The largest absolute Gasteiger partial charge is 0.493 e. The van der Waals surface area contributed by atoms with Gasteiger partial charge in [-0.3, -0.25) is 4.79 Å². The van der Waals surface area contributed by atoms with Gasteiger partial charge in [0, 0.05) is 17.8 Å². The van der Waals surface area contributed by atoms with Crippen molar-refractivity contribution < 1.29 is 28.2 Å². The summed E-state index contributed by atoms with van der Waals surface area (Å²) in [5, 5.41) is 5.38. The number of rotatable bonds is 9. The molecule has 0 fully saturated rings. The minimum Gasteiger partial charge on any atom is -0.493 e. The lowest BCUT2D eigenvalue weighted by molar-refractivity contribution is -0.143. The molecule has 0 aliphatic carbocycles. The highest BCUT2D eigenvalue weighted by Gasteiger charge is 2.43. The third-order valence-electron chi connectivity index (χ3n) is 6.04. The van der Waals surface area contributed by atoms with E-state index in [0.29, 0.717) is 39.2 Å². The maximum Gasteiger partial charge on any atom is 0.338 e. The Hall–Kier alpha value is -3.79. The quantitative estimate of drug-likeness (QED) is 0.445. The number of amides is 1. The molecule has 0 aromatic heterocycles. The molecule has 1 amide bonds. The lowest BCUT2D eigenvalue weighted by Crippen LogP contribution is -2.38. The maximum atomic E-state index is 13.4. The summed E-state index contributed by atoms with van der Waals surface area (Å²) in [6.07, 6.45) is -0.289. The maximum absolute atomic E-state index is 13.4. The molecule has 2 aliphatic heterocycles. The van der Waals surface area contributed by atoms with Crippen LogP contribution in [-0.4, -0.2) is 42.3 Å². The highest BCUT2D eigenvalue weighted by Crippen LogP contribution is 2.48. The van der Waals surface area contributed by atoms with Crippen molar-refractivity contribution in [2.75, 3.05) is 14.2 Å². The van der Waals surface area contributed by atoms with Crippen LogP contribution in [0.4, 0.5) is 4.39 Å². The van der Waals surface area contributed by atoms with Crippen molar-refractivity contribution in [3.05, 3.63) is 81.8 Å². The molecule has 0 bridgehead atoms. The summed E-state index contributed by atoms with van der Waals surface area (Å²) in [5.74, 6) is -0.0681. The number of hydrogen-bond acceptors (Lipinski definition) is 8. The molecule has 0 unspecified atom stereocenters. The first-order chi connectivity index (χ1) is 18.2. The van der Waals surface area contributed by atoms with Gasteiger partial charge in [0.2, 0.25) is 5.91 Å². The lowest BCUT2D eigenvalue weighted by atomic mass is 9.92. The van der Waals surface area contributed by atoms with Crippen LogP contribution < -0.4 is 14.8 Å². The monoisotopic (exact) mass is 539 g/mol. The number of para-hydroxylation sites is 1. The Balaban J connectivity index is 1.68. The molecule has 4 rings (SSSR count). The van der Waals surface area contributed by atoms with E-state index in [1.165, 1.54) is 23.9 Å². The molecule has 0 spiro atoms. The van der Waals surface area contributed by atoms with Crippen LogP contribution in [0.2, 0.25) is 0 Å². The lowest BCUT2D eigenvalue weighted by Gasteiger charge is -2.37. The minimum absolute atomic E-state index is 0.0432. The molecule has 1 atom stereocenters. The standard InChI is InChI=1S/C28H30FN3O5S/c1-16(2)37-27(34)24-17(3)31-28-32(25(24)21-7-6-8-22(35-4)26(21)36-5)20(15-38-28)13-23(33)30-14-18-9-11-19(29)12-10-18/h6-12,15-16,25H,13-14H2,1-5H3,(H,30,33)/t25-/m1/s1. The number of nitrogens with zero attached hydrogens (tertiary/aromatic N) is 2. The molecular formula is C28H30FN3O5S. The second kappa shape index (κ2) is 11.7. The summed E-state index contributed by atoms with van der Waals surface area (Å²) in [4.78, 5) is 32.9. The second-order valence-electron chi connectivity index (χ2n) is 9.01. The van der Waals surface area contributed by atoms with E-state index in [1.54, 1.807) is 53.2 Å². The third-order valence-corrected chi connectivity index (χ3v) is 6.92. The second-order valence-corrected chi connectivity index (χ2v) is 9.85. The number of hydrogen-bond donors (Lipinski definition) is 1. The van der Waals surface area contributed by atoms with Gasteiger partial charge in [0.1, 0.15) is 5.82 Å². The Labute approximate surface area is 225 Å². The highest BCUT2D eigenvalue weighted by molar-refractivity contribution is 8.16. The molecule has 1 N–H and O–H groups in total. The van der Waals surface area contributed by atoms with Gasteiger partial charge < -0.3 is 24.4 Å². The van der Waals surface area contributed by atoms with E-state index in [1.807, 2.05) is 22.4 Å². The van der Waals surface area contributed by atoms with Crippen LogP contribution >= 0.6 is 11.8 Å². The first-order valence-electron chi connectivity index (χ1n) is 12.1. The fourth-order valence-corrected chi connectivity index (χ4v) is 5.32. The number of allylic oxidation sites excluding steroid dienone is 1. The van der Waals surface area contributed by atoms with Crippen molar-refractivity contribution in [3.8, 4) is 11.5 Å². The number of aliphatic imine (C=N–C) groups is 1. The molecule has 2 aliphatic rings. The van der Waals surface area contributed by atoms with E-state index in [2.05, 4.69) is 10.3 Å². The van der Waals surface area contributed by atoms with Gasteiger partial charge in [-0.05, 0) is 49.9 Å². The van der Waals surface area contributed by atoms with Crippen LogP contribution in [0.3, 0.4) is 0 Å². The summed E-state index contributed by atoms with van der Waals surface area (Å²) >= 11 is 1.38. The topological polar surface area (TPSA) is 89.5 Å². The van der Waals surface area contributed by atoms with Crippen LogP contribution in [0.1, 0.15) is 44.4 Å². The Morgan fingerprint density at radius 2 is 1.87 bits per heavy atom. The minimum atomic E-state index is -0.662. The predicted octanol–water partition coefficient (Wildman–Crippen LogP) is 5.08. The smallest absolute Gasteiger partial charge is 0.338 e. The number of nitrogens with one attached hydrogen (secondary N) is 1. The van der Waals surface area contributed by atoms with E-state index in [-0.39, 0.29) is 30.8 Å². The van der Waals surface area contributed by atoms with Crippen molar-refractivity contribution in [2.45, 2.75) is 45.9 Å². The molecule has 200 valence electrons. The van der Waals surface area contributed by atoms with Gasteiger partial charge in [-0.25, -0.2) is 14.2 Å². The van der Waals surface area contributed by atoms with Crippen LogP contribution in [0.5, 0.6) is 11.5 Å². The Morgan fingerprint density at radius 1 is 1.13 bits per heavy atom. The van der Waals surface area contributed by atoms with Crippen molar-refractivity contribution in [1.82, 2.24) is 10.2 Å². The number of methoxy groups -OCH3 is 2. The van der Waals surface area contributed by atoms with Crippen LogP contribution in [0.25, 0.3) is 0 Å². The zero-order valence-corrected chi connectivity index (χ0v) is 22.7. The number of halogens is 1. The summed E-state index contributed by atoms with van der Waals surface area (Å²) in [7, 11) is 3.09. The predicted molar refractivity (Wildman–Crippen MR) is 144 cm³/mol. The van der Waals surface area contributed by atoms with Gasteiger partial charge >= 0.3 is 5.97 Å². The van der Waals surface area contributed by atoms with Crippen molar-refractivity contribution in [2.24, 2.45) is 4.99 Å². The van der Waals surface area contributed by atoms with E-state index >= 15 is 0 Å². The highest BCUT2D eigenvalue weighted by atomic mass is 32.2. The first kappa shape index (κ1) is 27.3. The van der Waals surface area contributed by atoms with Gasteiger partial charge in [-0.15, -0.1) is 0 Å². The fourth-order valence-electron chi connectivity index (χ4n) is 4.36. The fraction of sp³-hybridized carbons (Fsp3) is 0.321. The summed E-state index contributed by atoms with van der Waals surface area (Å²) in [6, 6.07) is 10.8. The number of fused-ring (bicyclic) bond motifs is 1. The molecule has 8 nitrogen and oxygen atoms in total. The molecule has 0 radical (unpaired) electrons. The Kier molecular flexibility index (Phi) is 8.41. The molecule has 2 aromatic rings. The third kappa shape index (κ3) is 5.70.